The summed E-state index contributed by atoms with van der Waals surface area (Å²) in [5.41, 5.74) is 6.12. The minimum absolute atomic E-state index is 0.110. The number of nitrogens with two attached hydrogens (primary N) is 1. The van der Waals surface area contributed by atoms with Gasteiger partial charge in [0.2, 0.25) is 11.8 Å². The maximum atomic E-state index is 12.9. The lowest BCUT2D eigenvalue weighted by Crippen LogP contribution is -2.39. The lowest BCUT2D eigenvalue weighted by Gasteiger charge is -2.29. The Bertz CT molecular complexity index is 479. The van der Waals surface area contributed by atoms with Crippen molar-refractivity contribution in [1.29, 1.82) is 0 Å². The standard InChI is InChI=1S/C15H19FN2O2/c16-12-5-1-10(2-6-12)11-3-7-13(8-4-11)18-15(20)9-14(17)19/h1-2,5-6,11,13H,3-4,7-9H2,(H2,17,19)(H,18,20). The molecule has 1 saturated carbocycles. The second kappa shape index (κ2) is 6.50. The number of rotatable bonds is 4. The lowest BCUT2D eigenvalue weighted by atomic mass is 9.82. The van der Waals surface area contributed by atoms with Crippen molar-refractivity contribution in [2.24, 2.45) is 5.73 Å². The van der Waals surface area contributed by atoms with Gasteiger partial charge in [0.15, 0.2) is 0 Å². The second-order valence-corrected chi connectivity index (χ2v) is 5.31. The Morgan fingerprint density at radius 1 is 1.15 bits per heavy atom. The smallest absolute Gasteiger partial charge is 0.229 e. The normalized spacial score (nSPS) is 22.2. The Kier molecular flexibility index (Phi) is 4.71. The zero-order valence-electron chi connectivity index (χ0n) is 11.3. The zero-order valence-corrected chi connectivity index (χ0v) is 11.3. The van der Waals surface area contributed by atoms with Crippen LogP contribution in [0.5, 0.6) is 0 Å². The van der Waals surface area contributed by atoms with E-state index in [1.54, 1.807) is 0 Å². The number of nitrogens with one attached hydrogen (secondary N) is 1. The first kappa shape index (κ1) is 14.5. The van der Waals surface area contributed by atoms with Gasteiger partial charge in [0.05, 0.1) is 0 Å². The molecule has 20 heavy (non-hydrogen) atoms. The van der Waals surface area contributed by atoms with Crippen LogP contribution in [-0.4, -0.2) is 17.9 Å². The topological polar surface area (TPSA) is 72.2 Å². The molecular weight excluding hydrogens is 259 g/mol. The van der Waals surface area contributed by atoms with Gasteiger partial charge < -0.3 is 11.1 Å². The van der Waals surface area contributed by atoms with Crippen LogP contribution in [0.25, 0.3) is 0 Å². The first-order chi connectivity index (χ1) is 9.54. The van der Waals surface area contributed by atoms with E-state index in [9.17, 15) is 14.0 Å². The minimum Gasteiger partial charge on any atom is -0.369 e. The second-order valence-electron chi connectivity index (χ2n) is 5.31. The number of amides is 2. The highest BCUT2D eigenvalue weighted by Crippen LogP contribution is 2.32. The van der Waals surface area contributed by atoms with Crippen LogP contribution in [0, 0.1) is 5.82 Å². The van der Waals surface area contributed by atoms with E-state index in [-0.39, 0.29) is 24.2 Å². The molecule has 0 aromatic heterocycles. The Balaban J connectivity index is 1.81. The fourth-order valence-corrected chi connectivity index (χ4v) is 2.74. The molecule has 0 unspecified atom stereocenters. The third-order valence-electron chi connectivity index (χ3n) is 3.77. The first-order valence-corrected chi connectivity index (χ1v) is 6.87. The molecule has 4 nitrogen and oxygen atoms in total. The van der Waals surface area contributed by atoms with Crippen molar-refractivity contribution in [3.8, 4) is 0 Å². The molecule has 5 heteroatoms. The van der Waals surface area contributed by atoms with E-state index in [2.05, 4.69) is 5.32 Å². The predicted molar refractivity (Wildman–Crippen MR) is 73.4 cm³/mol. The van der Waals surface area contributed by atoms with Crippen molar-refractivity contribution in [1.82, 2.24) is 5.32 Å². The molecule has 0 bridgehead atoms. The molecule has 1 aliphatic carbocycles. The summed E-state index contributed by atoms with van der Waals surface area (Å²) in [5.74, 6) is -0.716. The summed E-state index contributed by atoms with van der Waals surface area (Å²) >= 11 is 0. The molecule has 1 fully saturated rings. The Hall–Kier alpha value is -1.91. The van der Waals surface area contributed by atoms with Crippen LogP contribution in [0.3, 0.4) is 0 Å². The molecule has 108 valence electrons. The summed E-state index contributed by atoms with van der Waals surface area (Å²) < 4.78 is 12.9. The van der Waals surface area contributed by atoms with Crippen LogP contribution in [0.15, 0.2) is 24.3 Å². The molecule has 0 saturated heterocycles. The van der Waals surface area contributed by atoms with Gasteiger partial charge in [-0.3, -0.25) is 9.59 Å². The van der Waals surface area contributed by atoms with Crippen molar-refractivity contribution < 1.29 is 14.0 Å². The summed E-state index contributed by atoms with van der Waals surface area (Å²) in [4.78, 5) is 22.1. The van der Waals surface area contributed by atoms with E-state index in [0.29, 0.717) is 5.92 Å². The van der Waals surface area contributed by atoms with Gasteiger partial charge in [-0.15, -0.1) is 0 Å². The molecule has 3 N–H and O–H groups in total. The zero-order chi connectivity index (χ0) is 14.5. The summed E-state index contributed by atoms with van der Waals surface area (Å²) in [6.45, 7) is 0. The summed E-state index contributed by atoms with van der Waals surface area (Å²) in [7, 11) is 0. The van der Waals surface area contributed by atoms with Gasteiger partial charge in [-0.1, -0.05) is 12.1 Å². The van der Waals surface area contributed by atoms with Crippen molar-refractivity contribution in [3.63, 3.8) is 0 Å². The van der Waals surface area contributed by atoms with Gasteiger partial charge in [-0.25, -0.2) is 4.39 Å². The highest BCUT2D eigenvalue weighted by molar-refractivity contribution is 5.96. The number of hydrogen-bond donors (Lipinski definition) is 2. The molecular formula is C15H19FN2O2. The van der Waals surface area contributed by atoms with Crippen molar-refractivity contribution >= 4 is 11.8 Å². The number of carbonyl (C=O) groups excluding carboxylic acids is 2. The third kappa shape index (κ3) is 4.05. The van der Waals surface area contributed by atoms with Crippen LogP contribution in [0.4, 0.5) is 4.39 Å². The van der Waals surface area contributed by atoms with E-state index in [1.165, 1.54) is 12.1 Å². The number of carbonyl (C=O) groups is 2. The molecule has 0 aliphatic heterocycles. The summed E-state index contributed by atoms with van der Waals surface area (Å²) in [6, 6.07) is 6.72. The van der Waals surface area contributed by atoms with Crippen molar-refractivity contribution in [3.05, 3.63) is 35.6 Å². The van der Waals surface area contributed by atoms with Gasteiger partial charge in [-0.05, 0) is 49.3 Å². The predicted octanol–water partition coefficient (Wildman–Crippen LogP) is 1.84. The number of benzene rings is 1. The van der Waals surface area contributed by atoms with Crippen LogP contribution in [-0.2, 0) is 9.59 Å². The van der Waals surface area contributed by atoms with E-state index >= 15 is 0 Å². The lowest BCUT2D eigenvalue weighted by molar-refractivity contribution is -0.128. The van der Waals surface area contributed by atoms with Gasteiger partial charge in [-0.2, -0.15) is 0 Å². The van der Waals surface area contributed by atoms with Crippen molar-refractivity contribution in [2.45, 2.75) is 44.1 Å². The Labute approximate surface area is 117 Å². The van der Waals surface area contributed by atoms with Crippen LogP contribution in [0.2, 0.25) is 0 Å². The molecule has 1 aromatic rings. The molecule has 2 amide bonds. The van der Waals surface area contributed by atoms with Gasteiger partial charge >= 0.3 is 0 Å². The number of primary amides is 1. The quantitative estimate of drug-likeness (QED) is 0.825. The third-order valence-corrected chi connectivity index (χ3v) is 3.77. The van der Waals surface area contributed by atoms with Crippen molar-refractivity contribution in [2.75, 3.05) is 0 Å². The van der Waals surface area contributed by atoms with Gasteiger partial charge in [0, 0.05) is 6.04 Å². The maximum Gasteiger partial charge on any atom is 0.229 e. The molecule has 1 aliphatic rings. The molecule has 0 heterocycles. The molecule has 0 spiro atoms. The average Bonchev–Trinajstić information content (AvgIpc) is 2.39. The summed E-state index contributed by atoms with van der Waals surface area (Å²) in [6.07, 6.45) is 3.39. The SMILES string of the molecule is NC(=O)CC(=O)NC1CCC(c2ccc(F)cc2)CC1. The van der Waals surface area contributed by atoms with E-state index in [0.717, 1.165) is 31.2 Å². The first-order valence-electron chi connectivity index (χ1n) is 6.87. The largest absolute Gasteiger partial charge is 0.369 e. The number of hydrogen-bond acceptors (Lipinski definition) is 2. The van der Waals surface area contributed by atoms with Crippen LogP contribution < -0.4 is 11.1 Å². The van der Waals surface area contributed by atoms with E-state index < -0.39 is 5.91 Å². The van der Waals surface area contributed by atoms with Crippen LogP contribution in [0.1, 0.15) is 43.6 Å². The van der Waals surface area contributed by atoms with E-state index in [1.807, 2.05) is 12.1 Å². The van der Waals surface area contributed by atoms with Gasteiger partial charge in [0.1, 0.15) is 12.2 Å². The highest BCUT2D eigenvalue weighted by Gasteiger charge is 2.23. The average molecular weight is 278 g/mol. The van der Waals surface area contributed by atoms with Gasteiger partial charge in [0.25, 0.3) is 0 Å². The fraction of sp³-hybridized carbons (Fsp3) is 0.467. The summed E-state index contributed by atoms with van der Waals surface area (Å²) in [5, 5.41) is 2.83. The minimum atomic E-state index is -0.609. The fourth-order valence-electron chi connectivity index (χ4n) is 2.74. The Morgan fingerprint density at radius 3 is 2.30 bits per heavy atom. The molecule has 0 radical (unpaired) electrons. The van der Waals surface area contributed by atoms with E-state index in [4.69, 9.17) is 5.73 Å². The highest BCUT2D eigenvalue weighted by atomic mass is 19.1. The maximum absolute atomic E-state index is 12.9. The monoisotopic (exact) mass is 278 g/mol. The number of halogens is 1. The molecule has 1 aromatic carbocycles. The molecule has 0 atom stereocenters. The Morgan fingerprint density at radius 2 is 1.75 bits per heavy atom. The van der Waals surface area contributed by atoms with Crippen LogP contribution >= 0.6 is 0 Å². The molecule has 2 rings (SSSR count).